The summed E-state index contributed by atoms with van der Waals surface area (Å²) in [5.41, 5.74) is 4.51. The summed E-state index contributed by atoms with van der Waals surface area (Å²) in [5.74, 6) is 0.693. The Morgan fingerprint density at radius 1 is 0.951 bits per heavy atom. The normalized spacial score (nSPS) is 17.0. The maximum atomic E-state index is 13.3. The minimum absolute atomic E-state index is 0.125. The third kappa shape index (κ3) is 6.94. The maximum absolute atomic E-state index is 13.3. The van der Waals surface area contributed by atoms with E-state index < -0.39 is 9.84 Å². The molecule has 0 aromatic heterocycles. The molecule has 2 aliphatic rings. The van der Waals surface area contributed by atoms with Crippen molar-refractivity contribution >= 4 is 33.3 Å². The molecule has 8 heteroatoms. The lowest BCUT2D eigenvalue weighted by Crippen LogP contribution is -2.34. The van der Waals surface area contributed by atoms with Crippen LogP contribution in [0.25, 0.3) is 17.2 Å². The Bertz CT molecular complexity index is 1550. The topological polar surface area (TPSA) is 92.8 Å². The summed E-state index contributed by atoms with van der Waals surface area (Å²) in [4.78, 5) is 27.3. The lowest BCUT2D eigenvalue weighted by Gasteiger charge is -2.30. The molecule has 214 valence electrons. The molecule has 0 spiro atoms. The predicted octanol–water partition coefficient (Wildman–Crippen LogP) is 5.90. The number of carbonyl (C=O) groups excluding carboxylic acids is 2. The molecule has 0 atom stereocenters. The van der Waals surface area contributed by atoms with Gasteiger partial charge in [-0.15, -0.1) is 0 Å². The SMILES string of the molecule is CCOc1ccc(-c2ccc3c(c2)C=C(C(=O)Nc2ccc(CN(C)C4CCC(=O)CC4)cc2)CCS3(=O)=O)cc1. The lowest BCUT2D eigenvalue weighted by atomic mass is 9.93. The van der Waals surface area contributed by atoms with Crippen LogP contribution in [0.2, 0.25) is 0 Å². The zero-order valence-corrected chi connectivity index (χ0v) is 24.4. The molecule has 0 radical (unpaired) electrons. The van der Waals surface area contributed by atoms with Gasteiger partial charge < -0.3 is 10.1 Å². The highest BCUT2D eigenvalue weighted by Gasteiger charge is 2.25. The van der Waals surface area contributed by atoms with E-state index >= 15 is 0 Å². The van der Waals surface area contributed by atoms with Crippen LogP contribution in [0.5, 0.6) is 5.75 Å². The Morgan fingerprint density at radius 2 is 1.63 bits per heavy atom. The second-order valence-electron chi connectivity index (χ2n) is 10.8. The van der Waals surface area contributed by atoms with Crippen molar-refractivity contribution < 1.29 is 22.7 Å². The number of hydrogen-bond acceptors (Lipinski definition) is 6. The zero-order valence-electron chi connectivity index (χ0n) is 23.6. The van der Waals surface area contributed by atoms with E-state index in [2.05, 4.69) is 17.3 Å². The van der Waals surface area contributed by atoms with Gasteiger partial charge in [0.25, 0.3) is 5.91 Å². The van der Waals surface area contributed by atoms with Crippen LogP contribution in [0, 0.1) is 0 Å². The van der Waals surface area contributed by atoms with E-state index in [-0.39, 0.29) is 23.0 Å². The second kappa shape index (κ2) is 12.4. The molecule has 0 unspecified atom stereocenters. The average molecular weight is 573 g/mol. The third-order valence-electron chi connectivity index (χ3n) is 7.88. The van der Waals surface area contributed by atoms with E-state index in [1.165, 1.54) is 0 Å². The molecule has 5 rings (SSSR count). The number of hydrogen-bond donors (Lipinski definition) is 1. The molecule has 1 amide bonds. The first-order valence-corrected chi connectivity index (χ1v) is 15.8. The minimum Gasteiger partial charge on any atom is -0.494 e. The van der Waals surface area contributed by atoms with Gasteiger partial charge in [0, 0.05) is 36.7 Å². The van der Waals surface area contributed by atoms with Crippen molar-refractivity contribution in [1.82, 2.24) is 4.90 Å². The molecule has 41 heavy (non-hydrogen) atoms. The van der Waals surface area contributed by atoms with Crippen LogP contribution in [0.15, 0.2) is 77.2 Å². The van der Waals surface area contributed by atoms with Gasteiger partial charge in [0.15, 0.2) is 9.84 Å². The fraction of sp³-hybridized carbons (Fsp3) is 0.333. The fourth-order valence-electron chi connectivity index (χ4n) is 5.51. The monoisotopic (exact) mass is 572 g/mol. The molecule has 1 aliphatic carbocycles. The molecule has 0 saturated heterocycles. The first-order chi connectivity index (χ1) is 19.7. The lowest BCUT2D eigenvalue weighted by molar-refractivity contribution is -0.121. The van der Waals surface area contributed by atoms with Crippen LogP contribution in [-0.4, -0.2) is 50.5 Å². The van der Waals surface area contributed by atoms with E-state index in [0.717, 1.165) is 41.8 Å². The van der Waals surface area contributed by atoms with E-state index in [4.69, 9.17) is 4.74 Å². The molecular formula is C33H36N2O5S. The van der Waals surface area contributed by atoms with Gasteiger partial charge in [0.1, 0.15) is 11.5 Å². The molecule has 3 aromatic rings. The van der Waals surface area contributed by atoms with Gasteiger partial charge in [-0.25, -0.2) is 8.42 Å². The number of fused-ring (bicyclic) bond motifs is 1. The van der Waals surface area contributed by atoms with Gasteiger partial charge in [-0.05, 0) is 98.0 Å². The van der Waals surface area contributed by atoms with Crippen molar-refractivity contribution in [3.63, 3.8) is 0 Å². The Balaban J connectivity index is 1.30. The van der Waals surface area contributed by atoms with Crippen molar-refractivity contribution in [1.29, 1.82) is 0 Å². The number of sulfone groups is 1. The average Bonchev–Trinajstić information content (AvgIpc) is 3.10. The smallest absolute Gasteiger partial charge is 0.251 e. The number of benzene rings is 3. The van der Waals surface area contributed by atoms with E-state index in [0.29, 0.717) is 48.1 Å². The predicted molar refractivity (Wildman–Crippen MR) is 161 cm³/mol. The summed E-state index contributed by atoms with van der Waals surface area (Å²) >= 11 is 0. The molecule has 7 nitrogen and oxygen atoms in total. The molecule has 1 heterocycles. The van der Waals surface area contributed by atoms with Gasteiger partial charge >= 0.3 is 0 Å². The number of rotatable bonds is 8. The Kier molecular flexibility index (Phi) is 8.71. The first kappa shape index (κ1) is 28.8. The number of carbonyl (C=O) groups is 2. The fourth-order valence-corrected chi connectivity index (χ4v) is 6.98. The summed E-state index contributed by atoms with van der Waals surface area (Å²) in [6, 6.07) is 21.0. The van der Waals surface area contributed by atoms with Crippen molar-refractivity contribution in [2.24, 2.45) is 0 Å². The number of Topliss-reactive ketones (excluding diaryl/α,β-unsaturated/α-hetero) is 1. The van der Waals surface area contributed by atoms with Crippen LogP contribution >= 0.6 is 0 Å². The largest absolute Gasteiger partial charge is 0.494 e. The van der Waals surface area contributed by atoms with E-state index in [1.807, 2.05) is 61.5 Å². The Hall–Kier alpha value is -3.75. The number of nitrogens with zero attached hydrogens (tertiary/aromatic N) is 1. The number of ether oxygens (including phenoxy) is 1. The highest BCUT2D eigenvalue weighted by molar-refractivity contribution is 7.91. The second-order valence-corrected chi connectivity index (χ2v) is 12.9. The van der Waals surface area contributed by atoms with Gasteiger partial charge in [-0.2, -0.15) is 0 Å². The molecular weight excluding hydrogens is 536 g/mol. The molecule has 1 fully saturated rings. The van der Waals surface area contributed by atoms with Crippen LogP contribution in [0.3, 0.4) is 0 Å². The number of anilines is 1. The van der Waals surface area contributed by atoms with Gasteiger partial charge in [0.2, 0.25) is 0 Å². The van der Waals surface area contributed by atoms with Crippen LogP contribution in [-0.2, 0) is 26.0 Å². The standard InChI is InChI=1S/C33H36N2O5S/c1-3-40-31-15-6-24(7-16-31)25-8-17-32-27(20-25)21-26(18-19-41(32,38)39)33(37)34-28-9-4-23(5-10-28)22-35(2)29-11-13-30(36)14-12-29/h4-10,15-17,20-21,29H,3,11-14,18-19,22H2,1-2H3,(H,34,37). The highest BCUT2D eigenvalue weighted by Crippen LogP contribution is 2.32. The summed E-state index contributed by atoms with van der Waals surface area (Å²) in [7, 11) is -1.45. The Morgan fingerprint density at radius 3 is 2.32 bits per heavy atom. The van der Waals surface area contributed by atoms with Gasteiger partial charge in [-0.3, -0.25) is 14.5 Å². The molecule has 3 aromatic carbocycles. The quantitative estimate of drug-likeness (QED) is 0.362. The van der Waals surface area contributed by atoms with Crippen LogP contribution in [0.4, 0.5) is 5.69 Å². The van der Waals surface area contributed by atoms with Gasteiger partial charge in [-0.1, -0.05) is 30.3 Å². The highest BCUT2D eigenvalue weighted by atomic mass is 32.2. The molecule has 1 N–H and O–H groups in total. The molecule has 1 saturated carbocycles. The van der Waals surface area contributed by atoms with Crippen molar-refractivity contribution in [2.45, 2.75) is 56.5 Å². The van der Waals surface area contributed by atoms with Crippen molar-refractivity contribution in [3.8, 4) is 16.9 Å². The van der Waals surface area contributed by atoms with Crippen molar-refractivity contribution in [3.05, 3.63) is 83.4 Å². The summed E-state index contributed by atoms with van der Waals surface area (Å²) < 4.78 is 31.6. The van der Waals surface area contributed by atoms with Gasteiger partial charge in [0.05, 0.1) is 17.3 Å². The summed E-state index contributed by atoms with van der Waals surface area (Å²) in [6.07, 6.45) is 4.95. The maximum Gasteiger partial charge on any atom is 0.251 e. The zero-order chi connectivity index (χ0) is 29.0. The van der Waals surface area contributed by atoms with E-state index in [1.54, 1.807) is 18.2 Å². The van der Waals surface area contributed by atoms with E-state index in [9.17, 15) is 18.0 Å². The number of amides is 1. The first-order valence-electron chi connectivity index (χ1n) is 14.1. The summed E-state index contributed by atoms with van der Waals surface area (Å²) in [5, 5.41) is 2.94. The number of nitrogens with one attached hydrogen (secondary N) is 1. The molecule has 0 bridgehead atoms. The summed E-state index contributed by atoms with van der Waals surface area (Å²) in [6.45, 7) is 3.28. The van der Waals surface area contributed by atoms with Crippen molar-refractivity contribution in [2.75, 3.05) is 24.7 Å². The van der Waals surface area contributed by atoms with Crippen LogP contribution in [0.1, 0.15) is 50.2 Å². The Labute approximate surface area is 242 Å². The minimum atomic E-state index is -3.54. The van der Waals surface area contributed by atoms with Crippen LogP contribution < -0.4 is 10.1 Å². The molecule has 1 aliphatic heterocycles. The number of ketones is 1. The third-order valence-corrected chi connectivity index (χ3v) is 9.67.